The van der Waals surface area contributed by atoms with Crippen molar-refractivity contribution < 1.29 is 19.1 Å². The third-order valence-corrected chi connectivity index (χ3v) is 4.67. The number of aromatic amines is 2. The number of hydrogen-bond donors (Lipinski definition) is 2. The average Bonchev–Trinajstić information content (AvgIpc) is 3.39. The number of hydrogen-bond acceptors (Lipinski definition) is 5. The molecule has 7 heteroatoms. The Balaban J connectivity index is 1.89. The van der Waals surface area contributed by atoms with Crippen LogP contribution in [0.4, 0.5) is 0 Å². The summed E-state index contributed by atoms with van der Waals surface area (Å²) in [6.45, 7) is 3.72. The molecule has 3 heterocycles. The second-order valence-electron chi connectivity index (χ2n) is 6.49. The predicted molar refractivity (Wildman–Crippen MR) is 106 cm³/mol. The summed E-state index contributed by atoms with van der Waals surface area (Å²) in [5.41, 5.74) is 5.32. The van der Waals surface area contributed by atoms with Gasteiger partial charge < -0.3 is 19.4 Å². The first-order valence-corrected chi connectivity index (χ1v) is 8.94. The number of methoxy groups -OCH3 is 2. The highest BCUT2D eigenvalue weighted by Gasteiger charge is 2.21. The van der Waals surface area contributed by atoms with Gasteiger partial charge in [0.15, 0.2) is 5.78 Å². The summed E-state index contributed by atoms with van der Waals surface area (Å²) in [5, 5.41) is 0. The molecule has 3 rings (SSSR count). The molecule has 2 N–H and O–H groups in total. The Hall–Kier alpha value is -3.35. The monoisotopic (exact) mass is 381 g/mol. The van der Waals surface area contributed by atoms with Gasteiger partial charge in [0, 0.05) is 35.6 Å². The Morgan fingerprint density at radius 1 is 1.21 bits per heavy atom. The van der Waals surface area contributed by atoms with Gasteiger partial charge in [-0.3, -0.25) is 9.59 Å². The van der Waals surface area contributed by atoms with Crippen LogP contribution in [0.1, 0.15) is 45.8 Å². The van der Waals surface area contributed by atoms with E-state index in [2.05, 4.69) is 19.7 Å². The minimum Gasteiger partial charge on any atom is -0.494 e. The molecule has 0 unspecified atom stereocenters. The zero-order chi connectivity index (χ0) is 20.3. The molecule has 0 amide bonds. The van der Waals surface area contributed by atoms with Crippen LogP contribution in [-0.4, -0.2) is 41.7 Å². The van der Waals surface area contributed by atoms with Crippen molar-refractivity contribution in [3.8, 4) is 0 Å². The van der Waals surface area contributed by atoms with Gasteiger partial charge in [0.05, 0.1) is 32.0 Å². The Morgan fingerprint density at radius 3 is 2.64 bits per heavy atom. The number of ether oxygens (including phenoxy) is 2. The molecule has 7 nitrogen and oxygen atoms in total. The van der Waals surface area contributed by atoms with Crippen molar-refractivity contribution in [3.63, 3.8) is 0 Å². The number of aromatic nitrogens is 2. The molecule has 1 aliphatic heterocycles. The third-order valence-electron chi connectivity index (χ3n) is 4.67. The lowest BCUT2D eigenvalue weighted by molar-refractivity contribution is -0.140. The lowest BCUT2D eigenvalue weighted by Crippen LogP contribution is -2.07. The number of carbonyl (C=O) groups is 2. The van der Waals surface area contributed by atoms with Crippen molar-refractivity contribution in [2.24, 2.45) is 4.99 Å². The number of Topliss-reactive ketones (excluding diaryl/α,β-unsaturated/α-hetero) is 1. The second-order valence-corrected chi connectivity index (χ2v) is 6.49. The van der Waals surface area contributed by atoms with E-state index in [1.54, 1.807) is 7.11 Å². The first-order valence-electron chi connectivity index (χ1n) is 8.94. The van der Waals surface area contributed by atoms with Gasteiger partial charge in [0.1, 0.15) is 11.5 Å². The van der Waals surface area contributed by atoms with Crippen LogP contribution < -0.4 is 0 Å². The van der Waals surface area contributed by atoms with Gasteiger partial charge in [-0.1, -0.05) is 0 Å². The zero-order valence-corrected chi connectivity index (χ0v) is 16.4. The summed E-state index contributed by atoms with van der Waals surface area (Å²) in [4.78, 5) is 34.9. The summed E-state index contributed by atoms with van der Waals surface area (Å²) >= 11 is 0. The van der Waals surface area contributed by atoms with E-state index in [0.29, 0.717) is 17.0 Å². The van der Waals surface area contributed by atoms with Gasteiger partial charge in [-0.05, 0) is 37.6 Å². The summed E-state index contributed by atoms with van der Waals surface area (Å²) in [6.07, 6.45) is 5.75. The first-order chi connectivity index (χ1) is 13.4. The summed E-state index contributed by atoms with van der Waals surface area (Å²) in [7, 11) is 2.91. The highest BCUT2D eigenvalue weighted by atomic mass is 16.5. The number of allylic oxidation sites excluding steroid dienone is 1. The summed E-state index contributed by atoms with van der Waals surface area (Å²) < 4.78 is 10.1. The normalized spacial score (nSPS) is 14.8. The van der Waals surface area contributed by atoms with E-state index in [9.17, 15) is 9.59 Å². The van der Waals surface area contributed by atoms with E-state index < -0.39 is 5.97 Å². The van der Waals surface area contributed by atoms with E-state index in [0.717, 1.165) is 28.4 Å². The van der Waals surface area contributed by atoms with Crippen LogP contribution in [0, 0.1) is 13.8 Å². The molecule has 0 fully saturated rings. The maximum Gasteiger partial charge on any atom is 0.305 e. The van der Waals surface area contributed by atoms with Crippen LogP contribution in [0.2, 0.25) is 0 Å². The topological polar surface area (TPSA) is 96.5 Å². The number of nitrogens with zero attached hydrogens (tertiary/aromatic N) is 1. The maximum atomic E-state index is 12.6. The van der Waals surface area contributed by atoms with E-state index >= 15 is 0 Å². The Morgan fingerprint density at radius 2 is 2.00 bits per heavy atom. The number of esters is 1. The van der Waals surface area contributed by atoms with Gasteiger partial charge in [-0.15, -0.1) is 0 Å². The fourth-order valence-corrected chi connectivity index (χ4v) is 3.23. The minimum atomic E-state index is -0.395. The van der Waals surface area contributed by atoms with Crippen LogP contribution in [0.25, 0.3) is 6.08 Å². The number of aliphatic imine (C=N–C) groups is 1. The SMILES string of the molecule is COC(=O)CCC(=O)c1c(C)[nH]c(/C=C2\N=C(c3ccc[nH]3)C=C2OC)c1C. The minimum absolute atomic E-state index is 0.0657. The molecule has 0 radical (unpaired) electrons. The molecule has 1 aliphatic rings. The number of ketones is 1. The molecule has 2 aromatic heterocycles. The smallest absolute Gasteiger partial charge is 0.305 e. The van der Waals surface area contributed by atoms with E-state index in [4.69, 9.17) is 4.74 Å². The van der Waals surface area contributed by atoms with Crippen LogP contribution in [0.15, 0.2) is 40.9 Å². The van der Waals surface area contributed by atoms with Crippen molar-refractivity contribution in [2.75, 3.05) is 14.2 Å². The lowest BCUT2D eigenvalue weighted by Gasteiger charge is -2.03. The highest BCUT2D eigenvalue weighted by Crippen LogP contribution is 2.28. The molecule has 0 saturated heterocycles. The fourth-order valence-electron chi connectivity index (χ4n) is 3.23. The highest BCUT2D eigenvalue weighted by molar-refractivity contribution is 6.11. The largest absolute Gasteiger partial charge is 0.494 e. The van der Waals surface area contributed by atoms with E-state index in [-0.39, 0.29) is 18.6 Å². The van der Waals surface area contributed by atoms with Gasteiger partial charge in [-0.2, -0.15) is 0 Å². The molecular weight excluding hydrogens is 358 g/mol. The Bertz CT molecular complexity index is 991. The maximum absolute atomic E-state index is 12.6. The molecule has 28 heavy (non-hydrogen) atoms. The Labute approximate surface area is 163 Å². The molecule has 0 spiro atoms. The van der Waals surface area contributed by atoms with Gasteiger partial charge >= 0.3 is 5.97 Å². The van der Waals surface area contributed by atoms with E-state index in [1.165, 1.54) is 7.11 Å². The lowest BCUT2D eigenvalue weighted by atomic mass is 10.0. The van der Waals surface area contributed by atoms with Crippen molar-refractivity contribution in [2.45, 2.75) is 26.7 Å². The molecule has 0 aliphatic carbocycles. The zero-order valence-electron chi connectivity index (χ0n) is 16.4. The van der Waals surface area contributed by atoms with Crippen LogP contribution in [-0.2, 0) is 14.3 Å². The summed E-state index contributed by atoms with van der Waals surface area (Å²) in [6, 6.07) is 3.85. The number of rotatable bonds is 7. The van der Waals surface area contributed by atoms with Crippen LogP contribution >= 0.6 is 0 Å². The number of H-pyrrole nitrogens is 2. The van der Waals surface area contributed by atoms with Crippen molar-refractivity contribution >= 4 is 23.5 Å². The number of nitrogens with one attached hydrogen (secondary N) is 2. The molecule has 0 atom stereocenters. The molecule has 146 valence electrons. The standard InChI is InChI=1S/C21H23N3O4/c1-12-15(23-13(2)21(12)18(25)7-8-20(26)28-4)10-17-19(27-3)11-16(24-17)14-6-5-9-22-14/h5-6,9-11,22-23H,7-8H2,1-4H3/b17-10-. The second kappa shape index (κ2) is 8.12. The van der Waals surface area contributed by atoms with E-state index in [1.807, 2.05) is 44.3 Å². The third kappa shape index (κ3) is 3.83. The number of carbonyl (C=O) groups excluding carboxylic acids is 2. The molecule has 0 saturated carbocycles. The van der Waals surface area contributed by atoms with Crippen molar-refractivity contribution in [1.82, 2.24) is 9.97 Å². The molecule has 0 bridgehead atoms. The predicted octanol–water partition coefficient (Wildman–Crippen LogP) is 3.47. The van der Waals surface area contributed by atoms with Crippen molar-refractivity contribution in [3.05, 3.63) is 64.1 Å². The molecule has 2 aromatic rings. The molecular formula is C21H23N3O4. The van der Waals surface area contributed by atoms with Crippen molar-refractivity contribution in [1.29, 1.82) is 0 Å². The summed E-state index contributed by atoms with van der Waals surface area (Å²) in [5.74, 6) is 0.161. The van der Waals surface area contributed by atoms with Crippen LogP contribution in [0.5, 0.6) is 0 Å². The Kier molecular flexibility index (Phi) is 5.63. The van der Waals surface area contributed by atoms with Gasteiger partial charge in [0.25, 0.3) is 0 Å². The number of aryl methyl sites for hydroxylation is 1. The first kappa shape index (κ1) is 19.4. The fraction of sp³-hybridized carbons (Fsp3) is 0.286. The average molecular weight is 381 g/mol. The van der Waals surface area contributed by atoms with Gasteiger partial charge in [0.2, 0.25) is 0 Å². The van der Waals surface area contributed by atoms with Gasteiger partial charge in [-0.25, -0.2) is 4.99 Å². The van der Waals surface area contributed by atoms with Crippen LogP contribution in [0.3, 0.4) is 0 Å². The molecule has 0 aromatic carbocycles. The quantitative estimate of drug-likeness (QED) is 0.567.